The molecule has 30 heavy (non-hydrogen) atoms. The molecule has 0 aromatic heterocycles. The van der Waals surface area contributed by atoms with E-state index in [2.05, 4.69) is 11.4 Å². The van der Waals surface area contributed by atoms with Gasteiger partial charge < -0.3 is 15.0 Å². The van der Waals surface area contributed by atoms with Crippen LogP contribution in [0.25, 0.3) is 0 Å². The highest BCUT2D eigenvalue weighted by atomic mass is 16.6. The zero-order valence-electron chi connectivity index (χ0n) is 17.1. The van der Waals surface area contributed by atoms with Gasteiger partial charge in [-0.25, -0.2) is 4.79 Å². The quantitative estimate of drug-likeness (QED) is 0.431. The Morgan fingerprint density at radius 1 is 1.23 bits per heavy atom. The summed E-state index contributed by atoms with van der Waals surface area (Å²) in [6.07, 6.45) is 4.69. The zero-order valence-corrected chi connectivity index (χ0v) is 17.1. The Labute approximate surface area is 175 Å². The van der Waals surface area contributed by atoms with Gasteiger partial charge in [0.05, 0.1) is 16.6 Å². The van der Waals surface area contributed by atoms with Crippen LogP contribution in [0.4, 0.5) is 11.4 Å². The summed E-state index contributed by atoms with van der Waals surface area (Å²) in [4.78, 5) is 37.9. The Hall–Kier alpha value is -3.15. The average Bonchev–Trinajstić information content (AvgIpc) is 3.28. The molecule has 1 saturated carbocycles. The predicted octanol–water partition coefficient (Wildman–Crippen LogP) is 3.08. The lowest BCUT2D eigenvalue weighted by Crippen LogP contribution is -2.52. The van der Waals surface area contributed by atoms with Crippen LogP contribution in [0.2, 0.25) is 0 Å². The van der Waals surface area contributed by atoms with Gasteiger partial charge in [0.25, 0.3) is 11.6 Å². The highest BCUT2D eigenvalue weighted by Gasteiger charge is 2.35. The van der Waals surface area contributed by atoms with Crippen molar-refractivity contribution in [2.45, 2.75) is 63.5 Å². The summed E-state index contributed by atoms with van der Waals surface area (Å²) in [5, 5.41) is 23.7. The number of nitrogens with one attached hydrogen (secondary N) is 1. The first kappa shape index (κ1) is 21.6. The third-order valence-electron chi connectivity index (χ3n) is 5.79. The van der Waals surface area contributed by atoms with Gasteiger partial charge in [-0.3, -0.25) is 14.9 Å². The summed E-state index contributed by atoms with van der Waals surface area (Å²) in [5.74, 6) is -1.36. The van der Waals surface area contributed by atoms with Crippen molar-refractivity contribution < 1.29 is 19.2 Å². The Bertz CT molecular complexity index is 867. The lowest BCUT2D eigenvalue weighted by Gasteiger charge is -2.32. The fourth-order valence-corrected chi connectivity index (χ4v) is 4.06. The summed E-state index contributed by atoms with van der Waals surface area (Å²) < 4.78 is 5.23. The Morgan fingerprint density at radius 2 is 1.90 bits per heavy atom. The number of anilines is 1. The van der Waals surface area contributed by atoms with Crippen molar-refractivity contribution >= 4 is 23.3 Å². The second-order valence-corrected chi connectivity index (χ2v) is 7.95. The third kappa shape index (κ3) is 4.70. The van der Waals surface area contributed by atoms with Crippen LogP contribution in [0.3, 0.4) is 0 Å². The number of ether oxygens (including phenoxy) is 1. The molecular formula is C21H26N4O5. The second kappa shape index (κ2) is 9.11. The maximum Gasteiger partial charge on any atom is 0.339 e. The fraction of sp³-hybridized carbons (Fsp3) is 0.571. The summed E-state index contributed by atoms with van der Waals surface area (Å²) in [6.45, 7) is 2.90. The van der Waals surface area contributed by atoms with Gasteiger partial charge in [0.15, 0.2) is 6.10 Å². The van der Waals surface area contributed by atoms with Crippen molar-refractivity contribution in [3.8, 4) is 6.07 Å². The molecule has 2 fully saturated rings. The highest BCUT2D eigenvalue weighted by molar-refractivity contribution is 5.94. The first-order chi connectivity index (χ1) is 14.3. The van der Waals surface area contributed by atoms with Gasteiger partial charge in [0.1, 0.15) is 11.2 Å². The van der Waals surface area contributed by atoms with Crippen LogP contribution in [0.15, 0.2) is 18.2 Å². The fourth-order valence-electron chi connectivity index (χ4n) is 4.06. The smallest absolute Gasteiger partial charge is 0.339 e. The molecule has 0 radical (unpaired) electrons. The second-order valence-electron chi connectivity index (χ2n) is 7.95. The Kier molecular flexibility index (Phi) is 6.55. The summed E-state index contributed by atoms with van der Waals surface area (Å²) in [5.41, 5.74) is -0.592. The number of nitrogens with zero attached hydrogens (tertiary/aromatic N) is 3. The Morgan fingerprint density at radius 3 is 2.50 bits per heavy atom. The summed E-state index contributed by atoms with van der Waals surface area (Å²) >= 11 is 0. The van der Waals surface area contributed by atoms with E-state index in [4.69, 9.17) is 4.74 Å². The van der Waals surface area contributed by atoms with Gasteiger partial charge in [0, 0.05) is 19.2 Å². The highest BCUT2D eigenvalue weighted by Crippen LogP contribution is 2.32. The number of nitriles is 1. The SMILES string of the molecule is C[C@@H](OC(=O)c1ccc(N2CCCC2)c([N+](=O)[O-])c1)C(=O)NC1(C#N)CCCCC1. The van der Waals surface area contributed by atoms with Crippen molar-refractivity contribution in [2.75, 3.05) is 18.0 Å². The molecule has 1 heterocycles. The average molecular weight is 414 g/mol. The van der Waals surface area contributed by atoms with E-state index in [1.54, 1.807) is 6.07 Å². The van der Waals surface area contributed by atoms with Gasteiger partial charge in [-0.1, -0.05) is 19.3 Å². The molecule has 1 atom stereocenters. The number of carbonyl (C=O) groups is 2. The summed E-state index contributed by atoms with van der Waals surface area (Å²) in [6, 6.07) is 6.41. The molecule has 2 aliphatic rings. The minimum absolute atomic E-state index is 0.0111. The van der Waals surface area contributed by atoms with Crippen LogP contribution in [0.5, 0.6) is 0 Å². The standard InChI is InChI=1S/C21H26N4O5/c1-15(19(26)23-21(14-22)9-3-2-4-10-21)30-20(27)16-7-8-17(18(13-16)25(28)29)24-11-5-6-12-24/h7-8,13,15H,2-6,9-12H2,1H3,(H,23,26)/t15-/m1/s1. The monoisotopic (exact) mass is 414 g/mol. The van der Waals surface area contributed by atoms with E-state index in [0.717, 1.165) is 45.2 Å². The first-order valence-electron chi connectivity index (χ1n) is 10.3. The van der Waals surface area contributed by atoms with E-state index in [1.165, 1.54) is 19.1 Å². The lowest BCUT2D eigenvalue weighted by molar-refractivity contribution is -0.384. The molecule has 1 amide bonds. The number of benzene rings is 1. The molecule has 0 bridgehead atoms. The molecule has 1 aromatic carbocycles. The largest absolute Gasteiger partial charge is 0.449 e. The zero-order chi connectivity index (χ0) is 21.7. The van der Waals surface area contributed by atoms with Crippen molar-refractivity contribution in [3.63, 3.8) is 0 Å². The van der Waals surface area contributed by atoms with Crippen LogP contribution >= 0.6 is 0 Å². The van der Waals surface area contributed by atoms with Gasteiger partial charge >= 0.3 is 5.97 Å². The molecule has 1 aliphatic carbocycles. The minimum Gasteiger partial charge on any atom is -0.449 e. The molecule has 1 aromatic rings. The predicted molar refractivity (Wildman–Crippen MR) is 109 cm³/mol. The van der Waals surface area contributed by atoms with Gasteiger partial charge in [-0.2, -0.15) is 5.26 Å². The van der Waals surface area contributed by atoms with Crippen LogP contribution in [-0.4, -0.2) is 41.5 Å². The molecule has 1 N–H and O–H groups in total. The van der Waals surface area contributed by atoms with E-state index in [-0.39, 0.29) is 11.3 Å². The van der Waals surface area contributed by atoms with Crippen molar-refractivity contribution in [1.82, 2.24) is 5.32 Å². The van der Waals surface area contributed by atoms with E-state index in [1.807, 2.05) is 4.90 Å². The van der Waals surface area contributed by atoms with Gasteiger partial charge in [-0.05, 0) is 44.7 Å². The number of hydrogen-bond donors (Lipinski definition) is 1. The molecule has 9 nitrogen and oxygen atoms in total. The summed E-state index contributed by atoms with van der Waals surface area (Å²) in [7, 11) is 0. The van der Waals surface area contributed by atoms with Crippen LogP contribution in [0.1, 0.15) is 62.2 Å². The van der Waals surface area contributed by atoms with E-state index in [0.29, 0.717) is 18.5 Å². The normalized spacial score (nSPS) is 18.9. The molecule has 1 saturated heterocycles. The maximum absolute atomic E-state index is 12.5. The topological polar surface area (TPSA) is 126 Å². The van der Waals surface area contributed by atoms with Gasteiger partial charge in [0.2, 0.25) is 0 Å². The number of carbonyl (C=O) groups excluding carboxylic acids is 2. The van der Waals surface area contributed by atoms with Gasteiger partial charge in [-0.15, -0.1) is 0 Å². The number of amides is 1. The number of rotatable bonds is 6. The van der Waals surface area contributed by atoms with Crippen molar-refractivity contribution in [3.05, 3.63) is 33.9 Å². The molecule has 9 heteroatoms. The number of nitro groups is 1. The van der Waals surface area contributed by atoms with Crippen LogP contribution in [-0.2, 0) is 9.53 Å². The third-order valence-corrected chi connectivity index (χ3v) is 5.79. The molecule has 0 unspecified atom stereocenters. The number of nitro benzene ring substituents is 1. The van der Waals surface area contributed by atoms with E-state index >= 15 is 0 Å². The lowest BCUT2D eigenvalue weighted by atomic mass is 9.83. The molecular weight excluding hydrogens is 388 g/mol. The maximum atomic E-state index is 12.5. The van der Waals surface area contributed by atoms with Crippen molar-refractivity contribution in [1.29, 1.82) is 5.26 Å². The van der Waals surface area contributed by atoms with Crippen LogP contribution < -0.4 is 10.2 Å². The van der Waals surface area contributed by atoms with Crippen LogP contribution in [0, 0.1) is 21.4 Å². The Balaban J connectivity index is 1.68. The number of esters is 1. The van der Waals surface area contributed by atoms with E-state index < -0.39 is 28.4 Å². The molecule has 0 spiro atoms. The van der Waals surface area contributed by atoms with Crippen molar-refractivity contribution in [2.24, 2.45) is 0 Å². The minimum atomic E-state index is -1.12. The molecule has 1 aliphatic heterocycles. The molecule has 160 valence electrons. The van der Waals surface area contributed by atoms with E-state index in [9.17, 15) is 25.0 Å². The molecule has 3 rings (SSSR count). The number of hydrogen-bond acceptors (Lipinski definition) is 7. The first-order valence-corrected chi connectivity index (χ1v) is 10.3.